The molecular formula is C31H37N5O6. The van der Waals surface area contributed by atoms with E-state index in [1.165, 1.54) is 0 Å². The summed E-state index contributed by atoms with van der Waals surface area (Å²) in [6.45, 7) is 1.93. The van der Waals surface area contributed by atoms with Gasteiger partial charge in [-0.25, -0.2) is 0 Å². The maximum Gasteiger partial charge on any atom is 0.251 e. The van der Waals surface area contributed by atoms with Crippen LogP contribution in [-0.2, 0) is 25.5 Å². The lowest BCUT2D eigenvalue weighted by Gasteiger charge is -2.25. The Labute approximate surface area is 244 Å². The van der Waals surface area contributed by atoms with Crippen LogP contribution in [-0.4, -0.2) is 71.6 Å². The molecular weight excluding hydrogens is 538 g/mol. The van der Waals surface area contributed by atoms with E-state index in [2.05, 4.69) is 26.1 Å². The lowest BCUT2D eigenvalue weighted by atomic mass is 9.94. The van der Waals surface area contributed by atoms with Crippen molar-refractivity contribution < 1.29 is 28.7 Å². The Hall–Kier alpha value is -4.25. The topological polar surface area (TPSA) is 155 Å². The van der Waals surface area contributed by atoms with Gasteiger partial charge < -0.3 is 25.4 Å². The second-order valence-corrected chi connectivity index (χ2v) is 11.2. The molecule has 1 saturated carbocycles. The van der Waals surface area contributed by atoms with Crippen LogP contribution in [0.4, 0.5) is 0 Å². The van der Waals surface area contributed by atoms with Crippen molar-refractivity contribution in [2.24, 2.45) is 5.92 Å². The number of aromatic amines is 1. The van der Waals surface area contributed by atoms with Gasteiger partial charge >= 0.3 is 0 Å². The summed E-state index contributed by atoms with van der Waals surface area (Å²) in [7, 11) is 1.57. The molecule has 1 aliphatic heterocycles. The average molecular weight is 576 g/mol. The summed E-state index contributed by atoms with van der Waals surface area (Å²) >= 11 is 0. The van der Waals surface area contributed by atoms with Crippen molar-refractivity contribution in [3.05, 3.63) is 59.8 Å². The van der Waals surface area contributed by atoms with Crippen molar-refractivity contribution in [2.75, 3.05) is 13.7 Å². The molecule has 2 heterocycles. The summed E-state index contributed by atoms with van der Waals surface area (Å²) in [5, 5.41) is 16.0. The molecule has 1 saturated heterocycles. The van der Waals surface area contributed by atoms with Gasteiger partial charge in [0.25, 0.3) is 5.91 Å². The molecule has 42 heavy (non-hydrogen) atoms. The first kappa shape index (κ1) is 29.2. The molecule has 1 aliphatic carbocycles. The van der Waals surface area contributed by atoms with E-state index in [9.17, 15) is 19.2 Å². The van der Waals surface area contributed by atoms with Gasteiger partial charge in [-0.2, -0.15) is 5.10 Å². The van der Waals surface area contributed by atoms with Crippen LogP contribution in [0.25, 0.3) is 10.9 Å². The number of methoxy groups -OCH3 is 1. The first-order valence-corrected chi connectivity index (χ1v) is 14.4. The fourth-order valence-electron chi connectivity index (χ4n) is 5.47. The molecule has 4 N–H and O–H groups in total. The first-order chi connectivity index (χ1) is 20.3. The third-order valence-corrected chi connectivity index (χ3v) is 8.03. The molecule has 0 spiro atoms. The van der Waals surface area contributed by atoms with Crippen molar-refractivity contribution in [2.45, 2.75) is 69.7 Å². The Morgan fingerprint density at radius 1 is 1.00 bits per heavy atom. The maximum absolute atomic E-state index is 13.7. The van der Waals surface area contributed by atoms with Gasteiger partial charge in [-0.15, -0.1) is 0 Å². The molecule has 0 radical (unpaired) electrons. The molecule has 222 valence electrons. The Morgan fingerprint density at radius 3 is 2.40 bits per heavy atom. The number of ether oxygens (including phenoxy) is 2. The Morgan fingerprint density at radius 2 is 1.71 bits per heavy atom. The summed E-state index contributed by atoms with van der Waals surface area (Å²) in [6, 6.07) is 9.68. The molecule has 1 aromatic heterocycles. The number of ketones is 1. The van der Waals surface area contributed by atoms with Crippen molar-refractivity contribution >= 4 is 34.4 Å². The van der Waals surface area contributed by atoms with Crippen molar-refractivity contribution in [3.8, 4) is 5.75 Å². The average Bonchev–Trinajstić information content (AvgIpc) is 3.51. The SMILES string of the molecule is COc1ccc(C[C@H](NC(=O)[C@@H](C)NC(=O)c2ccc3[nH]ncc3c2)C(=O)N[C@@H](CC2CCCC2)C(=O)[C@H]2CO2)cc1. The van der Waals surface area contributed by atoms with Gasteiger partial charge in [-0.05, 0) is 55.2 Å². The smallest absolute Gasteiger partial charge is 0.251 e. The molecule has 2 aliphatic rings. The third kappa shape index (κ3) is 7.33. The highest BCUT2D eigenvalue weighted by molar-refractivity contribution is 6.01. The number of hydrogen-bond acceptors (Lipinski definition) is 7. The van der Waals surface area contributed by atoms with Crippen LogP contribution < -0.4 is 20.7 Å². The summed E-state index contributed by atoms with van der Waals surface area (Å²) in [6.07, 6.45) is 6.17. The predicted octanol–water partition coefficient (Wildman–Crippen LogP) is 2.45. The van der Waals surface area contributed by atoms with Gasteiger partial charge in [0.1, 0.15) is 23.9 Å². The van der Waals surface area contributed by atoms with Gasteiger partial charge in [0.15, 0.2) is 5.78 Å². The molecule has 0 bridgehead atoms. The number of hydrogen-bond donors (Lipinski definition) is 4. The molecule has 2 fully saturated rings. The van der Waals surface area contributed by atoms with Gasteiger partial charge in [0.2, 0.25) is 11.8 Å². The van der Waals surface area contributed by atoms with Crippen LogP contribution in [0.3, 0.4) is 0 Å². The zero-order valence-electron chi connectivity index (χ0n) is 23.9. The monoisotopic (exact) mass is 575 g/mol. The summed E-state index contributed by atoms with van der Waals surface area (Å²) in [5.41, 5.74) is 1.97. The standard InChI is InChI=1S/C31H37N5O6/c1-18(33-30(39)21-9-12-24-22(15-21)16-32-36-24)29(38)35-26(14-20-7-10-23(41-2)11-8-20)31(40)34-25(28(37)27-17-42-27)13-19-5-3-4-6-19/h7-12,15-16,18-19,25-27H,3-6,13-14,17H2,1-2H3,(H,32,36)(H,33,39)(H,34,40)(H,35,38)/t18-,25+,26+,27-/m1/s1. The largest absolute Gasteiger partial charge is 0.497 e. The number of nitrogens with one attached hydrogen (secondary N) is 4. The van der Waals surface area contributed by atoms with Crippen molar-refractivity contribution in [3.63, 3.8) is 0 Å². The number of amides is 3. The molecule has 11 heteroatoms. The van der Waals surface area contributed by atoms with Gasteiger partial charge in [-0.1, -0.05) is 37.8 Å². The zero-order valence-corrected chi connectivity index (χ0v) is 23.9. The van der Waals surface area contributed by atoms with E-state index in [0.717, 1.165) is 42.1 Å². The molecule has 4 atom stereocenters. The van der Waals surface area contributed by atoms with Crippen LogP contribution >= 0.6 is 0 Å². The lowest BCUT2D eigenvalue weighted by Crippen LogP contribution is -2.56. The Bertz CT molecular complexity index is 1430. The number of H-pyrrole nitrogens is 1. The van der Waals surface area contributed by atoms with Gasteiger partial charge in [0.05, 0.1) is 31.5 Å². The number of fused-ring (bicyclic) bond motifs is 1. The highest BCUT2D eigenvalue weighted by atomic mass is 16.6. The van der Waals surface area contributed by atoms with E-state index < -0.39 is 42.0 Å². The molecule has 5 rings (SSSR count). The van der Waals surface area contributed by atoms with E-state index in [1.807, 2.05) is 12.1 Å². The molecule has 11 nitrogen and oxygen atoms in total. The van der Waals surface area contributed by atoms with E-state index in [4.69, 9.17) is 9.47 Å². The van der Waals surface area contributed by atoms with Gasteiger partial charge in [0, 0.05) is 17.4 Å². The van der Waals surface area contributed by atoms with Crippen LogP contribution in [0.2, 0.25) is 0 Å². The van der Waals surface area contributed by atoms with Crippen LogP contribution in [0, 0.1) is 5.92 Å². The van der Waals surface area contributed by atoms with Crippen LogP contribution in [0.5, 0.6) is 5.75 Å². The fourth-order valence-corrected chi connectivity index (χ4v) is 5.47. The normalized spacial score (nSPS) is 18.6. The number of carbonyl (C=O) groups is 4. The Kier molecular flexibility index (Phi) is 9.16. The third-order valence-electron chi connectivity index (χ3n) is 8.03. The zero-order chi connectivity index (χ0) is 29.6. The number of aromatic nitrogens is 2. The van der Waals surface area contributed by atoms with E-state index >= 15 is 0 Å². The van der Waals surface area contributed by atoms with E-state index in [1.54, 1.807) is 50.6 Å². The minimum Gasteiger partial charge on any atom is -0.497 e. The van der Waals surface area contributed by atoms with Gasteiger partial charge in [-0.3, -0.25) is 24.3 Å². The highest BCUT2D eigenvalue weighted by Gasteiger charge is 2.39. The Balaban J connectivity index is 1.28. The number of rotatable bonds is 13. The molecule has 3 amide bonds. The number of Topliss-reactive ketones (excluding diaryl/α,β-unsaturated/α-hetero) is 1. The fraction of sp³-hybridized carbons (Fsp3) is 0.452. The second-order valence-electron chi connectivity index (χ2n) is 11.2. The number of carbonyl (C=O) groups excluding carboxylic acids is 4. The van der Waals surface area contributed by atoms with E-state index in [-0.39, 0.29) is 12.2 Å². The summed E-state index contributed by atoms with van der Waals surface area (Å²) < 4.78 is 10.5. The van der Waals surface area contributed by atoms with Crippen molar-refractivity contribution in [1.82, 2.24) is 26.1 Å². The lowest BCUT2D eigenvalue weighted by molar-refractivity contribution is -0.132. The first-order valence-electron chi connectivity index (χ1n) is 14.4. The minimum absolute atomic E-state index is 0.125. The number of epoxide rings is 1. The maximum atomic E-state index is 13.7. The molecule has 0 unspecified atom stereocenters. The number of nitrogens with zero attached hydrogens (tertiary/aromatic N) is 1. The number of benzene rings is 2. The van der Waals surface area contributed by atoms with Crippen LogP contribution in [0.1, 0.15) is 54.9 Å². The predicted molar refractivity (Wildman–Crippen MR) is 155 cm³/mol. The quantitative estimate of drug-likeness (QED) is 0.228. The molecule has 3 aromatic rings. The summed E-state index contributed by atoms with van der Waals surface area (Å²) in [4.78, 5) is 52.9. The highest BCUT2D eigenvalue weighted by Crippen LogP contribution is 2.30. The molecule has 2 aromatic carbocycles. The van der Waals surface area contributed by atoms with Crippen molar-refractivity contribution in [1.29, 1.82) is 0 Å². The minimum atomic E-state index is -0.980. The second kappa shape index (κ2) is 13.2. The summed E-state index contributed by atoms with van der Waals surface area (Å²) in [5.74, 6) is -0.501. The van der Waals surface area contributed by atoms with E-state index in [0.29, 0.717) is 30.3 Å². The van der Waals surface area contributed by atoms with Crippen LogP contribution in [0.15, 0.2) is 48.7 Å².